The maximum atomic E-state index is 9.46. The van der Waals surface area contributed by atoms with E-state index in [-0.39, 0.29) is 0 Å². The fraction of sp³-hybridized carbons (Fsp3) is 0.273. The Morgan fingerprint density at radius 1 is 1.23 bits per heavy atom. The van der Waals surface area contributed by atoms with E-state index in [1.54, 1.807) is 31.2 Å². The first kappa shape index (κ1) is 9.79. The van der Waals surface area contributed by atoms with E-state index in [0.717, 1.165) is 5.56 Å². The minimum atomic E-state index is -0.841. The molecule has 2 atom stereocenters. The summed E-state index contributed by atoms with van der Waals surface area (Å²) in [5.41, 5.74) is 1.44. The monoisotopic (exact) mass is 176 g/mol. The van der Waals surface area contributed by atoms with Crippen molar-refractivity contribution in [3.8, 4) is 12.3 Å². The molecule has 0 bridgehead atoms. The van der Waals surface area contributed by atoms with Gasteiger partial charge in [-0.3, -0.25) is 0 Å². The topological polar surface area (TPSA) is 40.5 Å². The Kier molecular flexibility index (Phi) is 3.07. The summed E-state index contributed by atoms with van der Waals surface area (Å²) in [5.74, 6) is 2.48. The van der Waals surface area contributed by atoms with Crippen LogP contribution in [0.3, 0.4) is 0 Å². The van der Waals surface area contributed by atoms with E-state index in [9.17, 15) is 5.11 Å². The Labute approximate surface area is 77.8 Å². The lowest BCUT2D eigenvalue weighted by molar-refractivity contribution is 0.0305. The number of terminal acetylenes is 1. The van der Waals surface area contributed by atoms with Crippen LogP contribution in [0, 0.1) is 12.3 Å². The molecule has 68 valence electrons. The number of hydrogen-bond acceptors (Lipinski definition) is 2. The van der Waals surface area contributed by atoms with E-state index in [4.69, 9.17) is 11.5 Å². The normalized spacial score (nSPS) is 14.6. The van der Waals surface area contributed by atoms with Crippen LogP contribution >= 0.6 is 0 Å². The van der Waals surface area contributed by atoms with Crippen molar-refractivity contribution in [3.05, 3.63) is 35.4 Å². The zero-order valence-corrected chi connectivity index (χ0v) is 7.44. The SMILES string of the molecule is C#Cc1ccc([C@H](O)[C@H](C)O)cc1. The van der Waals surface area contributed by atoms with Crippen molar-refractivity contribution < 1.29 is 10.2 Å². The van der Waals surface area contributed by atoms with Crippen LogP contribution < -0.4 is 0 Å². The molecule has 0 saturated carbocycles. The van der Waals surface area contributed by atoms with Gasteiger partial charge in [0.2, 0.25) is 0 Å². The van der Waals surface area contributed by atoms with Crippen LogP contribution in [0.25, 0.3) is 0 Å². The third kappa shape index (κ3) is 2.32. The van der Waals surface area contributed by atoms with Crippen molar-refractivity contribution in [2.75, 3.05) is 0 Å². The quantitative estimate of drug-likeness (QED) is 0.662. The fourth-order valence-corrected chi connectivity index (χ4v) is 1.06. The maximum Gasteiger partial charge on any atom is 0.105 e. The molecule has 0 unspecified atom stereocenters. The molecular weight excluding hydrogens is 164 g/mol. The summed E-state index contributed by atoms with van der Waals surface area (Å²) in [5, 5.41) is 18.6. The van der Waals surface area contributed by atoms with Crippen molar-refractivity contribution in [3.63, 3.8) is 0 Å². The molecule has 0 radical (unpaired) electrons. The van der Waals surface area contributed by atoms with Gasteiger partial charge in [-0.05, 0) is 24.6 Å². The fourth-order valence-electron chi connectivity index (χ4n) is 1.06. The van der Waals surface area contributed by atoms with E-state index in [2.05, 4.69) is 5.92 Å². The van der Waals surface area contributed by atoms with Crippen LogP contribution in [-0.4, -0.2) is 16.3 Å². The van der Waals surface area contributed by atoms with E-state index in [1.165, 1.54) is 0 Å². The first-order valence-corrected chi connectivity index (χ1v) is 4.08. The van der Waals surface area contributed by atoms with Crippen molar-refractivity contribution in [2.24, 2.45) is 0 Å². The van der Waals surface area contributed by atoms with Crippen LogP contribution in [0.15, 0.2) is 24.3 Å². The van der Waals surface area contributed by atoms with Gasteiger partial charge in [0, 0.05) is 5.56 Å². The van der Waals surface area contributed by atoms with Crippen LogP contribution in [0.1, 0.15) is 24.2 Å². The highest BCUT2D eigenvalue weighted by Gasteiger charge is 2.12. The molecule has 0 saturated heterocycles. The van der Waals surface area contributed by atoms with Gasteiger partial charge in [0.1, 0.15) is 6.10 Å². The standard InChI is InChI=1S/C11H12O2/c1-3-9-4-6-10(7-5-9)11(13)8(2)12/h1,4-8,11-13H,2H3/t8-,11+/m0/s1. The molecule has 0 fully saturated rings. The van der Waals surface area contributed by atoms with Crippen molar-refractivity contribution in [1.29, 1.82) is 0 Å². The van der Waals surface area contributed by atoms with Gasteiger partial charge in [-0.15, -0.1) is 6.42 Å². The summed E-state index contributed by atoms with van der Waals surface area (Å²) in [6.07, 6.45) is 3.57. The second kappa shape index (κ2) is 4.08. The first-order valence-electron chi connectivity index (χ1n) is 4.08. The maximum absolute atomic E-state index is 9.46. The van der Waals surface area contributed by atoms with E-state index >= 15 is 0 Å². The van der Waals surface area contributed by atoms with E-state index in [0.29, 0.717) is 5.56 Å². The molecule has 0 spiro atoms. The highest BCUT2D eigenvalue weighted by molar-refractivity contribution is 5.34. The average molecular weight is 176 g/mol. The number of benzene rings is 1. The summed E-state index contributed by atoms with van der Waals surface area (Å²) in [6, 6.07) is 6.90. The summed E-state index contributed by atoms with van der Waals surface area (Å²) in [7, 11) is 0. The van der Waals surface area contributed by atoms with Crippen LogP contribution in [0.4, 0.5) is 0 Å². The van der Waals surface area contributed by atoms with Gasteiger partial charge in [-0.25, -0.2) is 0 Å². The second-order valence-electron chi connectivity index (χ2n) is 2.95. The van der Waals surface area contributed by atoms with E-state index < -0.39 is 12.2 Å². The number of rotatable bonds is 2. The van der Waals surface area contributed by atoms with Crippen LogP contribution in [0.5, 0.6) is 0 Å². The Hall–Kier alpha value is -1.30. The largest absolute Gasteiger partial charge is 0.390 e. The zero-order chi connectivity index (χ0) is 9.84. The molecule has 1 aromatic rings. The Balaban J connectivity index is 2.87. The molecule has 0 heterocycles. The summed E-state index contributed by atoms with van der Waals surface area (Å²) >= 11 is 0. The van der Waals surface area contributed by atoms with Crippen molar-refractivity contribution in [2.45, 2.75) is 19.1 Å². The molecule has 0 aromatic heterocycles. The molecule has 2 N–H and O–H groups in total. The molecule has 13 heavy (non-hydrogen) atoms. The molecule has 0 aliphatic rings. The molecule has 1 rings (SSSR count). The molecule has 0 aliphatic carbocycles. The molecule has 0 aliphatic heterocycles. The van der Waals surface area contributed by atoms with E-state index in [1.807, 2.05) is 0 Å². The Bertz CT molecular complexity index is 306. The van der Waals surface area contributed by atoms with Gasteiger partial charge in [0.25, 0.3) is 0 Å². The molecule has 1 aromatic carbocycles. The minimum Gasteiger partial charge on any atom is -0.390 e. The average Bonchev–Trinajstić information content (AvgIpc) is 2.17. The molecule has 2 nitrogen and oxygen atoms in total. The molecular formula is C11H12O2. The predicted molar refractivity (Wildman–Crippen MR) is 51.0 cm³/mol. The second-order valence-corrected chi connectivity index (χ2v) is 2.95. The summed E-state index contributed by atoms with van der Waals surface area (Å²) in [4.78, 5) is 0. The lowest BCUT2D eigenvalue weighted by atomic mass is 10.0. The Morgan fingerprint density at radius 2 is 1.77 bits per heavy atom. The van der Waals surface area contributed by atoms with Gasteiger partial charge in [0.15, 0.2) is 0 Å². The third-order valence-corrected chi connectivity index (χ3v) is 1.88. The van der Waals surface area contributed by atoms with Gasteiger partial charge in [0.05, 0.1) is 6.10 Å². The van der Waals surface area contributed by atoms with Gasteiger partial charge >= 0.3 is 0 Å². The Morgan fingerprint density at radius 3 is 2.15 bits per heavy atom. The lowest BCUT2D eigenvalue weighted by Crippen LogP contribution is -2.13. The molecule has 2 heteroatoms. The number of aliphatic hydroxyl groups is 2. The molecule has 0 amide bonds. The lowest BCUT2D eigenvalue weighted by Gasteiger charge is -2.13. The van der Waals surface area contributed by atoms with Crippen LogP contribution in [-0.2, 0) is 0 Å². The zero-order valence-electron chi connectivity index (χ0n) is 7.44. The third-order valence-electron chi connectivity index (χ3n) is 1.88. The summed E-state index contributed by atoms with van der Waals surface area (Å²) in [6.45, 7) is 1.54. The van der Waals surface area contributed by atoms with Gasteiger partial charge in [-0.1, -0.05) is 18.1 Å². The van der Waals surface area contributed by atoms with Crippen molar-refractivity contribution in [1.82, 2.24) is 0 Å². The number of hydrogen-bond donors (Lipinski definition) is 2. The minimum absolute atomic E-state index is 0.675. The van der Waals surface area contributed by atoms with Gasteiger partial charge < -0.3 is 10.2 Å². The summed E-state index contributed by atoms with van der Waals surface area (Å²) < 4.78 is 0. The number of aliphatic hydroxyl groups excluding tert-OH is 2. The predicted octanol–water partition coefficient (Wildman–Crippen LogP) is 1.08. The first-order chi connectivity index (χ1) is 6.15. The highest BCUT2D eigenvalue weighted by Crippen LogP contribution is 2.16. The smallest absolute Gasteiger partial charge is 0.105 e. The highest BCUT2D eigenvalue weighted by atomic mass is 16.3. The van der Waals surface area contributed by atoms with Gasteiger partial charge in [-0.2, -0.15) is 0 Å². The van der Waals surface area contributed by atoms with Crippen molar-refractivity contribution >= 4 is 0 Å². The van der Waals surface area contributed by atoms with Crippen LogP contribution in [0.2, 0.25) is 0 Å².